The zero-order valence-electron chi connectivity index (χ0n) is 8.15. The Morgan fingerprint density at radius 2 is 2.23 bits per heavy atom. The Hall–Kier alpha value is -0.340. The van der Waals surface area contributed by atoms with E-state index in [1.807, 2.05) is 0 Å². The number of hydrogen-bond acceptors (Lipinski definition) is 2. The molecule has 0 aromatic carbocycles. The molecular formula is C11H19NO. The van der Waals surface area contributed by atoms with E-state index in [1.54, 1.807) is 0 Å². The van der Waals surface area contributed by atoms with E-state index in [-0.39, 0.29) is 0 Å². The molecule has 2 aliphatic rings. The zero-order valence-corrected chi connectivity index (χ0v) is 8.15. The summed E-state index contributed by atoms with van der Waals surface area (Å²) in [5.41, 5.74) is 0. The molecule has 1 aliphatic carbocycles. The fraction of sp³-hybridized carbons (Fsp3) is 0.818. The number of allylic oxidation sites excluding steroid dienone is 1. The van der Waals surface area contributed by atoms with Crippen LogP contribution in [0.25, 0.3) is 0 Å². The van der Waals surface area contributed by atoms with E-state index >= 15 is 0 Å². The second-order valence-corrected chi connectivity index (χ2v) is 4.14. The second-order valence-electron chi connectivity index (χ2n) is 4.14. The topological polar surface area (TPSA) is 23.5 Å². The molecular weight excluding hydrogens is 162 g/mol. The number of likely N-dealkylation sites (tertiary alicyclic amines) is 1. The number of aliphatic hydroxyl groups is 1. The number of nitrogens with zero attached hydrogens (tertiary/aromatic N) is 1. The van der Waals surface area contributed by atoms with Crippen LogP contribution in [0.5, 0.6) is 0 Å². The predicted molar refractivity (Wildman–Crippen MR) is 53.6 cm³/mol. The quantitative estimate of drug-likeness (QED) is 0.653. The summed E-state index contributed by atoms with van der Waals surface area (Å²) in [6, 6.07) is 1.06. The summed E-state index contributed by atoms with van der Waals surface area (Å²) < 4.78 is 0. The van der Waals surface area contributed by atoms with Crippen molar-refractivity contribution in [3.8, 4) is 0 Å². The van der Waals surface area contributed by atoms with Gasteiger partial charge in [0.05, 0.1) is 6.61 Å². The van der Waals surface area contributed by atoms with Crippen molar-refractivity contribution in [1.29, 1.82) is 0 Å². The zero-order chi connectivity index (χ0) is 9.10. The molecule has 1 saturated heterocycles. The first kappa shape index (κ1) is 9.22. The molecule has 1 aliphatic heterocycles. The van der Waals surface area contributed by atoms with Crippen molar-refractivity contribution >= 4 is 0 Å². The van der Waals surface area contributed by atoms with Crippen LogP contribution in [0, 0.1) is 0 Å². The Balaban J connectivity index is 1.97. The molecule has 0 amide bonds. The third kappa shape index (κ3) is 1.94. The van der Waals surface area contributed by atoms with Crippen molar-refractivity contribution < 1.29 is 5.11 Å². The van der Waals surface area contributed by atoms with Crippen molar-refractivity contribution in [3.05, 3.63) is 12.2 Å². The molecule has 1 heterocycles. The van der Waals surface area contributed by atoms with Gasteiger partial charge in [-0.2, -0.15) is 0 Å². The first-order valence-electron chi connectivity index (χ1n) is 5.45. The molecule has 1 N–H and O–H groups in total. The minimum atomic E-state index is 0.338. The molecule has 2 heteroatoms. The lowest BCUT2D eigenvalue weighted by Crippen LogP contribution is -2.40. The first-order chi connectivity index (χ1) is 6.42. The van der Waals surface area contributed by atoms with Crippen molar-refractivity contribution in [2.45, 2.75) is 44.2 Å². The number of rotatable bonds is 2. The molecule has 0 spiro atoms. The highest BCUT2D eigenvalue weighted by molar-refractivity contribution is 5.01. The maximum atomic E-state index is 9.20. The van der Waals surface area contributed by atoms with Crippen molar-refractivity contribution in [1.82, 2.24) is 4.90 Å². The molecule has 0 saturated carbocycles. The summed E-state index contributed by atoms with van der Waals surface area (Å²) >= 11 is 0. The largest absolute Gasteiger partial charge is 0.395 e. The molecule has 13 heavy (non-hydrogen) atoms. The first-order valence-corrected chi connectivity index (χ1v) is 5.45. The highest BCUT2D eigenvalue weighted by Gasteiger charge is 2.28. The third-order valence-corrected chi connectivity index (χ3v) is 3.29. The highest BCUT2D eigenvalue weighted by Crippen LogP contribution is 2.25. The van der Waals surface area contributed by atoms with Crippen LogP contribution in [-0.2, 0) is 0 Å². The third-order valence-electron chi connectivity index (χ3n) is 3.29. The normalized spacial score (nSPS) is 35.5. The van der Waals surface area contributed by atoms with Crippen LogP contribution in [0.3, 0.4) is 0 Å². The summed E-state index contributed by atoms with van der Waals surface area (Å²) in [6.07, 6.45) is 10.9. The Labute approximate surface area is 80.2 Å². The lowest BCUT2D eigenvalue weighted by atomic mass is 10.0. The van der Waals surface area contributed by atoms with Gasteiger partial charge in [-0.15, -0.1) is 0 Å². The average molecular weight is 181 g/mol. The van der Waals surface area contributed by atoms with Crippen LogP contribution in [0.1, 0.15) is 32.1 Å². The van der Waals surface area contributed by atoms with Crippen molar-refractivity contribution in [2.24, 2.45) is 0 Å². The van der Waals surface area contributed by atoms with Gasteiger partial charge < -0.3 is 5.11 Å². The lowest BCUT2D eigenvalue weighted by molar-refractivity contribution is 0.130. The van der Waals surface area contributed by atoms with Crippen LogP contribution < -0.4 is 0 Å². The summed E-state index contributed by atoms with van der Waals surface area (Å²) in [7, 11) is 0. The monoisotopic (exact) mass is 181 g/mol. The standard InChI is InChI=1S/C11H19NO/c13-9-11-7-4-8-12(11)10-5-2-1-3-6-10/h2,5,10-11,13H,1,3-4,6-9H2/t10?,11-/m0/s1. The van der Waals surface area contributed by atoms with E-state index in [0.717, 1.165) is 0 Å². The van der Waals surface area contributed by atoms with E-state index in [0.29, 0.717) is 18.7 Å². The molecule has 0 bridgehead atoms. The Morgan fingerprint density at radius 1 is 1.31 bits per heavy atom. The molecule has 0 aromatic rings. The van der Waals surface area contributed by atoms with Gasteiger partial charge in [0.1, 0.15) is 0 Å². The highest BCUT2D eigenvalue weighted by atomic mass is 16.3. The smallest absolute Gasteiger partial charge is 0.0587 e. The molecule has 2 atom stereocenters. The van der Waals surface area contributed by atoms with Gasteiger partial charge in [0, 0.05) is 12.1 Å². The summed E-state index contributed by atoms with van der Waals surface area (Å²) in [5.74, 6) is 0. The summed E-state index contributed by atoms with van der Waals surface area (Å²) in [4.78, 5) is 2.48. The minimum absolute atomic E-state index is 0.338. The maximum absolute atomic E-state index is 9.20. The summed E-state index contributed by atoms with van der Waals surface area (Å²) in [6.45, 7) is 1.52. The van der Waals surface area contributed by atoms with Crippen LogP contribution in [0.4, 0.5) is 0 Å². The van der Waals surface area contributed by atoms with Crippen molar-refractivity contribution in [3.63, 3.8) is 0 Å². The van der Waals surface area contributed by atoms with E-state index in [9.17, 15) is 5.11 Å². The lowest BCUT2D eigenvalue weighted by Gasteiger charge is -2.31. The van der Waals surface area contributed by atoms with Gasteiger partial charge >= 0.3 is 0 Å². The Bertz CT molecular complexity index is 191. The van der Waals surface area contributed by atoms with Gasteiger partial charge in [0.25, 0.3) is 0 Å². The molecule has 1 unspecified atom stereocenters. The van der Waals surface area contributed by atoms with E-state index in [2.05, 4.69) is 17.1 Å². The average Bonchev–Trinajstić information content (AvgIpc) is 2.67. The fourth-order valence-electron chi connectivity index (χ4n) is 2.56. The molecule has 2 nitrogen and oxygen atoms in total. The van der Waals surface area contributed by atoms with Crippen LogP contribution >= 0.6 is 0 Å². The molecule has 0 radical (unpaired) electrons. The van der Waals surface area contributed by atoms with E-state index < -0.39 is 0 Å². The SMILES string of the molecule is OC[C@@H]1CCCN1C1C=CCCC1. The Kier molecular flexibility index (Phi) is 3.01. The van der Waals surface area contributed by atoms with Gasteiger partial charge in [0.2, 0.25) is 0 Å². The molecule has 2 rings (SSSR count). The van der Waals surface area contributed by atoms with Gasteiger partial charge in [-0.25, -0.2) is 0 Å². The van der Waals surface area contributed by atoms with Crippen molar-refractivity contribution in [2.75, 3.05) is 13.2 Å². The summed E-state index contributed by atoms with van der Waals surface area (Å²) in [5, 5.41) is 9.20. The predicted octanol–water partition coefficient (Wildman–Crippen LogP) is 1.55. The molecule has 1 fully saturated rings. The minimum Gasteiger partial charge on any atom is -0.395 e. The van der Waals surface area contributed by atoms with Crippen LogP contribution in [-0.4, -0.2) is 35.2 Å². The fourth-order valence-corrected chi connectivity index (χ4v) is 2.56. The van der Waals surface area contributed by atoms with E-state index in [1.165, 1.54) is 38.6 Å². The van der Waals surface area contributed by atoms with Crippen LogP contribution in [0.15, 0.2) is 12.2 Å². The van der Waals surface area contributed by atoms with Gasteiger partial charge in [0.15, 0.2) is 0 Å². The molecule has 74 valence electrons. The number of hydrogen-bond donors (Lipinski definition) is 1. The van der Waals surface area contributed by atoms with Crippen LogP contribution in [0.2, 0.25) is 0 Å². The van der Waals surface area contributed by atoms with Gasteiger partial charge in [-0.1, -0.05) is 12.2 Å². The Morgan fingerprint density at radius 3 is 2.92 bits per heavy atom. The van der Waals surface area contributed by atoms with E-state index in [4.69, 9.17) is 0 Å². The number of aliphatic hydroxyl groups excluding tert-OH is 1. The van der Waals surface area contributed by atoms with Gasteiger partial charge in [-0.05, 0) is 38.6 Å². The second kappa shape index (κ2) is 4.25. The van der Waals surface area contributed by atoms with Gasteiger partial charge in [-0.3, -0.25) is 4.90 Å². The molecule has 0 aromatic heterocycles. The maximum Gasteiger partial charge on any atom is 0.0587 e.